The molecule has 0 bridgehead atoms. The Labute approximate surface area is 254 Å². The first-order chi connectivity index (χ1) is 18.6. The number of anilines is 1. The molecule has 1 N–H and O–H groups in total. The van der Waals surface area contributed by atoms with E-state index in [1.807, 2.05) is 30.3 Å². The molecule has 7 heteroatoms. The molecule has 0 radical (unpaired) electrons. The minimum Gasteiger partial charge on any atom is -1.00 e. The molecular weight excluding hydrogens is 592 g/mol. The van der Waals surface area contributed by atoms with Crippen LogP contribution >= 0.6 is 22.9 Å². The van der Waals surface area contributed by atoms with Gasteiger partial charge in [0.1, 0.15) is 5.75 Å². The van der Waals surface area contributed by atoms with Gasteiger partial charge < -0.3 is 27.0 Å². The molecule has 0 fully saturated rings. The van der Waals surface area contributed by atoms with Crippen molar-refractivity contribution < 1.29 is 31.1 Å². The SMILES string of the molecule is CCCCCCCCCCCCCCOc1ccc(C(=O)Nc2ccccc2C[n+]2csc(C)c2)c(Cl)c1.[Br-]. The molecule has 0 aliphatic heterocycles. The van der Waals surface area contributed by atoms with Gasteiger partial charge in [0.2, 0.25) is 5.51 Å². The molecule has 39 heavy (non-hydrogen) atoms. The van der Waals surface area contributed by atoms with Crippen molar-refractivity contribution in [2.24, 2.45) is 0 Å². The van der Waals surface area contributed by atoms with E-state index in [2.05, 4.69) is 35.4 Å². The van der Waals surface area contributed by atoms with Gasteiger partial charge in [0.05, 0.1) is 27.8 Å². The molecule has 0 aliphatic carbocycles. The van der Waals surface area contributed by atoms with E-state index in [4.69, 9.17) is 16.3 Å². The van der Waals surface area contributed by atoms with Crippen molar-refractivity contribution in [1.29, 1.82) is 0 Å². The van der Waals surface area contributed by atoms with Gasteiger partial charge in [-0.3, -0.25) is 4.79 Å². The van der Waals surface area contributed by atoms with E-state index in [0.717, 1.165) is 17.7 Å². The van der Waals surface area contributed by atoms with Crippen LogP contribution in [0.3, 0.4) is 0 Å². The maximum absolute atomic E-state index is 13.0. The van der Waals surface area contributed by atoms with Crippen LogP contribution in [-0.4, -0.2) is 12.5 Å². The number of para-hydroxylation sites is 1. The molecule has 0 atom stereocenters. The highest BCUT2D eigenvalue weighted by Crippen LogP contribution is 2.25. The Balaban J connectivity index is 0.00000533. The number of hydrogen-bond donors (Lipinski definition) is 1. The third-order valence-corrected chi connectivity index (χ3v) is 7.96. The molecule has 0 spiro atoms. The van der Waals surface area contributed by atoms with Crippen molar-refractivity contribution in [3.63, 3.8) is 0 Å². The number of carbonyl (C=O) groups excluding carboxylic acids is 1. The summed E-state index contributed by atoms with van der Waals surface area (Å²) in [5.41, 5.74) is 4.36. The number of hydrogen-bond acceptors (Lipinski definition) is 3. The summed E-state index contributed by atoms with van der Waals surface area (Å²) in [7, 11) is 0. The molecule has 1 amide bonds. The van der Waals surface area contributed by atoms with E-state index >= 15 is 0 Å². The zero-order valence-corrected chi connectivity index (χ0v) is 26.7. The Morgan fingerprint density at radius 2 is 1.56 bits per heavy atom. The predicted octanol–water partition coefficient (Wildman–Crippen LogP) is 6.38. The number of benzene rings is 2. The van der Waals surface area contributed by atoms with Gasteiger partial charge in [-0.2, -0.15) is 4.57 Å². The first-order valence-electron chi connectivity index (χ1n) is 14.3. The molecule has 4 nitrogen and oxygen atoms in total. The number of amides is 1. The number of nitrogens with one attached hydrogen (secondary N) is 1. The third-order valence-electron chi connectivity index (χ3n) is 6.79. The van der Waals surface area contributed by atoms with E-state index in [-0.39, 0.29) is 22.9 Å². The van der Waals surface area contributed by atoms with Crippen LogP contribution < -0.4 is 31.6 Å². The van der Waals surface area contributed by atoms with Crippen LogP contribution in [0.4, 0.5) is 5.69 Å². The number of carbonyl (C=O) groups is 1. The third kappa shape index (κ3) is 12.4. The number of aromatic nitrogens is 1. The van der Waals surface area contributed by atoms with Crippen LogP contribution in [0.25, 0.3) is 0 Å². The second-order valence-corrected chi connectivity index (χ2v) is 11.6. The lowest BCUT2D eigenvalue weighted by atomic mass is 10.1. The van der Waals surface area contributed by atoms with Gasteiger partial charge in [0, 0.05) is 5.56 Å². The van der Waals surface area contributed by atoms with Crippen LogP contribution in [0.5, 0.6) is 5.75 Å². The van der Waals surface area contributed by atoms with Crippen molar-refractivity contribution in [1.82, 2.24) is 0 Å². The highest BCUT2D eigenvalue weighted by molar-refractivity contribution is 7.09. The average molecular weight is 636 g/mol. The molecule has 0 saturated heterocycles. The molecule has 2 aromatic carbocycles. The summed E-state index contributed by atoms with van der Waals surface area (Å²) >= 11 is 8.18. The highest BCUT2D eigenvalue weighted by Gasteiger charge is 2.15. The molecule has 1 aromatic heterocycles. The summed E-state index contributed by atoms with van der Waals surface area (Å²) < 4.78 is 8.03. The highest BCUT2D eigenvalue weighted by atomic mass is 79.9. The molecule has 3 aromatic rings. The Hall–Kier alpha value is -1.89. The Kier molecular flexibility index (Phi) is 16.4. The van der Waals surface area contributed by atoms with Gasteiger partial charge in [0.15, 0.2) is 12.7 Å². The fourth-order valence-electron chi connectivity index (χ4n) is 4.60. The number of rotatable bonds is 18. The zero-order chi connectivity index (χ0) is 27.0. The fraction of sp³-hybridized carbons (Fsp3) is 0.500. The van der Waals surface area contributed by atoms with Crippen LogP contribution in [0.1, 0.15) is 105 Å². The summed E-state index contributed by atoms with van der Waals surface area (Å²) in [5.74, 6) is 0.487. The standard InChI is InChI=1S/C32H43ClN2O2S.BrH/c1-3-4-5-6-7-8-9-10-11-12-13-16-21-37-28-19-20-29(30(33)22-28)32(36)34-31-18-15-14-17-27(31)24-35-23-26(2)38-25-35;/h14-15,17-20,22-23,25H,3-13,16,21,24H2,1-2H3;1H. The lowest BCUT2D eigenvalue weighted by Crippen LogP contribution is -3.00. The first-order valence-corrected chi connectivity index (χ1v) is 15.6. The minimum atomic E-state index is -0.221. The molecule has 214 valence electrons. The molecular formula is C32H44BrClN2O2S. The monoisotopic (exact) mass is 634 g/mol. The average Bonchev–Trinajstić information content (AvgIpc) is 3.32. The number of thiazole rings is 1. The normalized spacial score (nSPS) is 10.7. The first kappa shape index (κ1) is 33.3. The van der Waals surface area contributed by atoms with Gasteiger partial charge in [-0.05, 0) is 37.6 Å². The van der Waals surface area contributed by atoms with Gasteiger partial charge in [-0.25, -0.2) is 0 Å². The van der Waals surface area contributed by atoms with Crippen molar-refractivity contribution in [3.8, 4) is 5.75 Å². The maximum atomic E-state index is 13.0. The molecule has 1 heterocycles. The van der Waals surface area contributed by atoms with Crippen molar-refractivity contribution in [2.75, 3.05) is 11.9 Å². The van der Waals surface area contributed by atoms with Gasteiger partial charge in [-0.1, -0.05) is 119 Å². The lowest BCUT2D eigenvalue weighted by Gasteiger charge is -2.11. The fourth-order valence-corrected chi connectivity index (χ4v) is 5.49. The summed E-state index contributed by atoms with van der Waals surface area (Å²) in [6.07, 6.45) is 18.0. The zero-order valence-electron chi connectivity index (χ0n) is 23.5. The van der Waals surface area contributed by atoms with E-state index < -0.39 is 0 Å². The Bertz CT molecular complexity index is 1120. The largest absolute Gasteiger partial charge is 1.00 e. The lowest BCUT2D eigenvalue weighted by molar-refractivity contribution is -0.683. The van der Waals surface area contributed by atoms with E-state index in [1.54, 1.807) is 23.5 Å². The van der Waals surface area contributed by atoms with E-state index in [0.29, 0.717) is 29.5 Å². The topological polar surface area (TPSA) is 42.2 Å². The van der Waals surface area contributed by atoms with E-state index in [1.165, 1.54) is 75.5 Å². The summed E-state index contributed by atoms with van der Waals surface area (Å²) in [5, 5.41) is 3.43. The van der Waals surface area contributed by atoms with Crippen molar-refractivity contribution in [2.45, 2.75) is 97.4 Å². The smallest absolute Gasteiger partial charge is 0.257 e. The van der Waals surface area contributed by atoms with Gasteiger partial charge in [-0.15, -0.1) is 0 Å². The summed E-state index contributed by atoms with van der Waals surface area (Å²) in [4.78, 5) is 14.2. The van der Waals surface area contributed by atoms with E-state index in [9.17, 15) is 4.79 Å². The number of halogens is 2. The van der Waals surface area contributed by atoms with Crippen LogP contribution in [0.2, 0.25) is 5.02 Å². The number of unbranched alkanes of at least 4 members (excludes halogenated alkanes) is 11. The summed E-state index contributed by atoms with van der Waals surface area (Å²) in [6, 6.07) is 13.2. The van der Waals surface area contributed by atoms with Crippen LogP contribution in [-0.2, 0) is 6.54 Å². The second kappa shape index (κ2) is 19.2. The maximum Gasteiger partial charge on any atom is 0.257 e. The molecule has 0 unspecified atom stereocenters. The van der Waals surface area contributed by atoms with Crippen LogP contribution in [0.15, 0.2) is 54.2 Å². The number of ether oxygens (including phenoxy) is 1. The number of nitrogens with zero attached hydrogens (tertiary/aromatic N) is 1. The van der Waals surface area contributed by atoms with Gasteiger partial charge >= 0.3 is 0 Å². The van der Waals surface area contributed by atoms with Crippen molar-refractivity contribution in [3.05, 3.63) is 75.2 Å². The Morgan fingerprint density at radius 3 is 2.18 bits per heavy atom. The van der Waals surface area contributed by atoms with Crippen LogP contribution in [0, 0.1) is 6.92 Å². The minimum absolute atomic E-state index is 0. The van der Waals surface area contributed by atoms with Crippen molar-refractivity contribution >= 4 is 34.5 Å². The quantitative estimate of drug-likeness (QED) is 0.130. The predicted molar refractivity (Wildman–Crippen MR) is 161 cm³/mol. The Morgan fingerprint density at radius 1 is 0.923 bits per heavy atom. The number of aryl methyl sites for hydroxylation is 1. The second-order valence-electron chi connectivity index (χ2n) is 10.1. The summed E-state index contributed by atoms with van der Waals surface area (Å²) in [6.45, 7) is 5.72. The van der Waals surface area contributed by atoms with Gasteiger partial charge in [0.25, 0.3) is 5.91 Å². The molecule has 0 saturated carbocycles. The molecule has 3 rings (SSSR count). The molecule has 0 aliphatic rings.